The Kier molecular flexibility index (Phi) is 8.87. The molecular formula is C19H20Cl2N2O2. The fraction of sp³-hybridized carbons (Fsp3) is 0.263. The largest absolute Gasteiger partial charge is 0.396 e. The van der Waals surface area contributed by atoms with E-state index < -0.39 is 0 Å². The van der Waals surface area contributed by atoms with Crippen LogP contribution in [0.2, 0.25) is 10.0 Å². The van der Waals surface area contributed by atoms with Crippen LogP contribution in [0.3, 0.4) is 0 Å². The molecule has 2 rings (SSSR count). The first-order chi connectivity index (χ1) is 12.3. The van der Waals surface area contributed by atoms with Crippen molar-refractivity contribution >= 4 is 35.6 Å². The molecule has 0 bridgehead atoms. The maximum Gasteiger partial charge on any atom is 0.117 e. The molecule has 0 saturated carbocycles. The summed E-state index contributed by atoms with van der Waals surface area (Å²) in [4.78, 5) is 10.4. The van der Waals surface area contributed by atoms with Gasteiger partial charge in [0.05, 0.1) is 12.4 Å². The number of hydrogen-bond donors (Lipinski definition) is 0. The van der Waals surface area contributed by atoms with E-state index in [1.165, 1.54) is 0 Å². The summed E-state index contributed by atoms with van der Waals surface area (Å²) in [5, 5.41) is 9.14. The van der Waals surface area contributed by atoms with Gasteiger partial charge in [-0.2, -0.15) is 0 Å². The van der Waals surface area contributed by atoms with Crippen molar-refractivity contribution in [1.29, 1.82) is 0 Å². The lowest BCUT2D eigenvalue weighted by Gasteiger charge is -2.01. The molecule has 0 heterocycles. The van der Waals surface area contributed by atoms with Crippen LogP contribution in [0.25, 0.3) is 0 Å². The van der Waals surface area contributed by atoms with Crippen LogP contribution in [0.1, 0.15) is 30.4 Å². The van der Waals surface area contributed by atoms with Gasteiger partial charge in [0.25, 0.3) is 0 Å². The Balaban J connectivity index is 1.50. The highest BCUT2D eigenvalue weighted by atomic mass is 35.5. The summed E-state index contributed by atoms with van der Waals surface area (Å²) in [6.07, 6.45) is 6.02. The highest BCUT2D eigenvalue weighted by Gasteiger charge is 1.95. The molecule has 0 aliphatic rings. The molecule has 0 unspecified atom stereocenters. The van der Waals surface area contributed by atoms with Gasteiger partial charge in [-0.05, 0) is 31.4 Å². The second-order valence-electron chi connectivity index (χ2n) is 5.24. The van der Waals surface area contributed by atoms with E-state index in [9.17, 15) is 0 Å². The Labute approximate surface area is 158 Å². The van der Waals surface area contributed by atoms with Crippen molar-refractivity contribution in [2.24, 2.45) is 10.3 Å². The molecule has 0 amide bonds. The normalized spacial score (nSPS) is 11.3. The summed E-state index contributed by atoms with van der Waals surface area (Å²) < 4.78 is 0. The maximum atomic E-state index is 6.02. The highest BCUT2D eigenvalue weighted by molar-refractivity contribution is 6.33. The van der Waals surface area contributed by atoms with E-state index in [-0.39, 0.29) is 0 Å². The first-order valence-electron chi connectivity index (χ1n) is 8.07. The molecule has 0 radical (unpaired) electrons. The van der Waals surface area contributed by atoms with E-state index in [1.54, 1.807) is 12.4 Å². The molecule has 0 aliphatic carbocycles. The molecule has 132 valence electrons. The third-order valence-corrected chi connectivity index (χ3v) is 4.00. The van der Waals surface area contributed by atoms with Crippen molar-refractivity contribution in [3.8, 4) is 0 Å². The SMILES string of the molecule is Clc1ccccc1/C=N/OCCCCCO/N=C/c1ccccc1Cl. The molecule has 0 spiro atoms. The lowest BCUT2D eigenvalue weighted by molar-refractivity contribution is 0.125. The number of oxime groups is 2. The van der Waals surface area contributed by atoms with E-state index in [1.807, 2.05) is 48.5 Å². The van der Waals surface area contributed by atoms with E-state index in [0.29, 0.717) is 23.3 Å². The molecule has 4 nitrogen and oxygen atoms in total. The highest BCUT2D eigenvalue weighted by Crippen LogP contribution is 2.13. The van der Waals surface area contributed by atoms with Crippen molar-refractivity contribution in [2.45, 2.75) is 19.3 Å². The van der Waals surface area contributed by atoms with Crippen molar-refractivity contribution < 1.29 is 9.68 Å². The third-order valence-electron chi connectivity index (χ3n) is 3.31. The fourth-order valence-corrected chi connectivity index (χ4v) is 2.33. The average Bonchev–Trinajstić information content (AvgIpc) is 2.62. The summed E-state index contributed by atoms with van der Waals surface area (Å²) in [5.41, 5.74) is 1.68. The van der Waals surface area contributed by atoms with Gasteiger partial charge in [0.15, 0.2) is 0 Å². The van der Waals surface area contributed by atoms with E-state index in [0.717, 1.165) is 30.4 Å². The quantitative estimate of drug-likeness (QED) is 0.308. The number of benzene rings is 2. The fourth-order valence-electron chi connectivity index (χ4n) is 1.96. The lowest BCUT2D eigenvalue weighted by Crippen LogP contribution is -1.93. The van der Waals surface area contributed by atoms with Gasteiger partial charge in [0.2, 0.25) is 0 Å². The van der Waals surface area contributed by atoms with E-state index >= 15 is 0 Å². The van der Waals surface area contributed by atoms with E-state index in [4.69, 9.17) is 32.9 Å². The molecule has 0 atom stereocenters. The zero-order valence-electron chi connectivity index (χ0n) is 13.8. The topological polar surface area (TPSA) is 43.2 Å². The summed E-state index contributed by atoms with van der Waals surface area (Å²) in [6.45, 7) is 1.12. The van der Waals surface area contributed by atoms with Crippen LogP contribution in [-0.4, -0.2) is 25.6 Å². The van der Waals surface area contributed by atoms with Crippen LogP contribution in [0.5, 0.6) is 0 Å². The van der Waals surface area contributed by atoms with Gasteiger partial charge in [0, 0.05) is 21.2 Å². The minimum absolute atomic E-state index is 0.559. The molecule has 0 saturated heterocycles. The minimum atomic E-state index is 0.559. The van der Waals surface area contributed by atoms with Crippen molar-refractivity contribution in [1.82, 2.24) is 0 Å². The Morgan fingerprint density at radius 3 is 1.56 bits per heavy atom. The Morgan fingerprint density at radius 1 is 0.680 bits per heavy atom. The monoisotopic (exact) mass is 378 g/mol. The summed E-state index contributed by atoms with van der Waals surface area (Å²) in [7, 11) is 0. The molecule has 0 N–H and O–H groups in total. The number of nitrogens with zero attached hydrogens (tertiary/aromatic N) is 2. The Morgan fingerprint density at radius 2 is 1.12 bits per heavy atom. The van der Waals surface area contributed by atoms with Gasteiger partial charge >= 0.3 is 0 Å². The summed E-state index contributed by atoms with van der Waals surface area (Å²) >= 11 is 12.0. The van der Waals surface area contributed by atoms with Gasteiger partial charge in [-0.3, -0.25) is 0 Å². The van der Waals surface area contributed by atoms with Crippen molar-refractivity contribution in [3.63, 3.8) is 0 Å². The van der Waals surface area contributed by atoms with E-state index in [2.05, 4.69) is 10.3 Å². The van der Waals surface area contributed by atoms with Crippen LogP contribution in [0.4, 0.5) is 0 Å². The maximum absolute atomic E-state index is 6.02. The molecule has 6 heteroatoms. The zero-order chi connectivity index (χ0) is 17.7. The Bertz CT molecular complexity index is 646. The van der Waals surface area contributed by atoms with Crippen LogP contribution in [0, 0.1) is 0 Å². The standard InChI is InChI=1S/C19H20Cl2N2O2/c20-18-10-4-2-8-16(18)14-22-24-12-6-1-7-13-25-23-15-17-9-3-5-11-19(17)21/h2-5,8-11,14-15H,1,6-7,12-13H2/b22-14+,23-15+. The van der Waals surface area contributed by atoms with Crippen LogP contribution in [-0.2, 0) is 9.68 Å². The van der Waals surface area contributed by atoms with Gasteiger partial charge in [-0.15, -0.1) is 0 Å². The number of hydrogen-bond acceptors (Lipinski definition) is 4. The van der Waals surface area contributed by atoms with Crippen molar-refractivity contribution in [3.05, 3.63) is 69.7 Å². The smallest absolute Gasteiger partial charge is 0.117 e. The number of halogens is 2. The molecule has 0 fully saturated rings. The molecule has 25 heavy (non-hydrogen) atoms. The molecule has 2 aromatic carbocycles. The van der Waals surface area contributed by atoms with Gasteiger partial charge < -0.3 is 9.68 Å². The van der Waals surface area contributed by atoms with Gasteiger partial charge in [-0.1, -0.05) is 69.9 Å². The molecule has 0 aliphatic heterocycles. The second-order valence-corrected chi connectivity index (χ2v) is 6.05. The second kappa shape index (κ2) is 11.5. The number of unbranched alkanes of at least 4 members (excludes halogenated alkanes) is 2. The first-order valence-corrected chi connectivity index (χ1v) is 8.82. The minimum Gasteiger partial charge on any atom is -0.396 e. The molecule has 0 aromatic heterocycles. The third kappa shape index (κ3) is 7.59. The average molecular weight is 379 g/mol. The van der Waals surface area contributed by atoms with Crippen molar-refractivity contribution in [2.75, 3.05) is 13.2 Å². The van der Waals surface area contributed by atoms with Crippen LogP contribution in [0.15, 0.2) is 58.8 Å². The number of rotatable bonds is 10. The first kappa shape index (κ1) is 19.3. The van der Waals surface area contributed by atoms with Crippen LogP contribution >= 0.6 is 23.2 Å². The summed E-state index contributed by atoms with van der Waals surface area (Å²) in [6, 6.07) is 15.0. The van der Waals surface area contributed by atoms with Crippen LogP contribution < -0.4 is 0 Å². The lowest BCUT2D eigenvalue weighted by atomic mass is 10.2. The zero-order valence-corrected chi connectivity index (χ0v) is 15.3. The predicted molar refractivity (Wildman–Crippen MR) is 104 cm³/mol. The predicted octanol–water partition coefficient (Wildman–Crippen LogP) is 5.56. The molecular weight excluding hydrogens is 359 g/mol. The summed E-state index contributed by atoms with van der Waals surface area (Å²) in [5.74, 6) is 0. The van der Waals surface area contributed by atoms with Gasteiger partial charge in [-0.25, -0.2) is 0 Å². The Hall–Kier alpha value is -2.04. The molecule has 2 aromatic rings. The van der Waals surface area contributed by atoms with Gasteiger partial charge in [0.1, 0.15) is 13.2 Å².